The van der Waals surface area contributed by atoms with Crippen LogP contribution in [0.15, 0.2) is 12.1 Å². The Kier molecular flexibility index (Phi) is 6.23. The van der Waals surface area contributed by atoms with Gasteiger partial charge in [-0.2, -0.15) is 0 Å². The molecule has 0 saturated carbocycles. The number of aromatic nitrogens is 4. The van der Waals surface area contributed by atoms with Crippen LogP contribution in [0.1, 0.15) is 30.3 Å². The number of ether oxygens (including phenoxy) is 1. The van der Waals surface area contributed by atoms with E-state index in [1.54, 1.807) is 18.0 Å². The van der Waals surface area contributed by atoms with E-state index in [2.05, 4.69) is 20.0 Å². The van der Waals surface area contributed by atoms with E-state index in [4.69, 9.17) is 0 Å². The summed E-state index contributed by atoms with van der Waals surface area (Å²) in [5.74, 6) is -4.42. The van der Waals surface area contributed by atoms with Gasteiger partial charge in [-0.25, -0.2) is 13.5 Å². The number of rotatable bonds is 6. The maximum absolute atomic E-state index is 14.2. The van der Waals surface area contributed by atoms with E-state index < -0.39 is 30.8 Å². The van der Waals surface area contributed by atoms with Gasteiger partial charge in [-0.3, -0.25) is 14.7 Å². The number of halogens is 2. The number of likely N-dealkylation sites (tertiary alicyclic amines) is 1. The van der Waals surface area contributed by atoms with Crippen LogP contribution in [0.2, 0.25) is 0 Å². The second-order valence-corrected chi connectivity index (χ2v) is 7.27. The lowest BCUT2D eigenvalue weighted by Gasteiger charge is -2.36. The fraction of sp³-hybridized carbons (Fsp3) is 0.579. The molecule has 1 fully saturated rings. The van der Waals surface area contributed by atoms with Gasteiger partial charge in [-0.05, 0) is 18.1 Å². The molecule has 1 unspecified atom stereocenters. The molecule has 1 aliphatic rings. The van der Waals surface area contributed by atoms with E-state index in [0.717, 1.165) is 11.3 Å². The monoisotopic (exact) mass is 409 g/mol. The fourth-order valence-corrected chi connectivity index (χ4v) is 3.74. The van der Waals surface area contributed by atoms with Crippen molar-refractivity contribution in [3.63, 3.8) is 0 Å². The Balaban J connectivity index is 1.84. The maximum Gasteiger partial charge on any atom is 0.310 e. The highest BCUT2D eigenvalue weighted by Gasteiger charge is 2.43. The van der Waals surface area contributed by atoms with Crippen LogP contribution < -0.4 is 0 Å². The van der Waals surface area contributed by atoms with E-state index in [1.165, 1.54) is 11.8 Å². The molecule has 2 aromatic rings. The summed E-state index contributed by atoms with van der Waals surface area (Å²) in [4.78, 5) is 18.0. The van der Waals surface area contributed by atoms with E-state index in [1.807, 2.05) is 13.0 Å². The molecule has 158 valence electrons. The molecular weight excluding hydrogens is 384 g/mol. The van der Waals surface area contributed by atoms with Crippen molar-refractivity contribution in [1.82, 2.24) is 24.9 Å². The van der Waals surface area contributed by atoms with Gasteiger partial charge in [0.2, 0.25) is 0 Å². The first-order chi connectivity index (χ1) is 13.8. The number of nitrogens with zero attached hydrogens (tertiary/aromatic N) is 5. The lowest BCUT2D eigenvalue weighted by molar-refractivity contribution is -0.157. The summed E-state index contributed by atoms with van der Waals surface area (Å²) in [6, 6.07) is 3.58. The third-order valence-corrected chi connectivity index (χ3v) is 5.15. The number of alkyl halides is 2. The third-order valence-electron chi connectivity index (χ3n) is 5.15. The van der Waals surface area contributed by atoms with Gasteiger partial charge in [-0.15, -0.1) is 5.10 Å². The zero-order valence-electron chi connectivity index (χ0n) is 16.7. The molecule has 0 aromatic carbocycles. The Hall–Kier alpha value is -2.46. The van der Waals surface area contributed by atoms with Gasteiger partial charge in [0.15, 0.2) is 0 Å². The molecular formula is C19H25F2N5O3. The van der Waals surface area contributed by atoms with Crippen molar-refractivity contribution in [3.8, 4) is 11.4 Å². The first-order valence-corrected chi connectivity index (χ1v) is 9.44. The first-order valence-electron chi connectivity index (χ1n) is 9.44. The molecule has 1 atom stereocenters. The number of aryl methyl sites for hydroxylation is 2. The van der Waals surface area contributed by atoms with E-state index >= 15 is 0 Å². The number of aliphatic hydroxyl groups excluding tert-OH is 1. The van der Waals surface area contributed by atoms with Crippen LogP contribution in [-0.4, -0.2) is 62.1 Å². The minimum Gasteiger partial charge on any atom is -0.469 e. The Bertz CT molecular complexity index is 887. The first kappa shape index (κ1) is 21.3. The van der Waals surface area contributed by atoms with Crippen LogP contribution >= 0.6 is 0 Å². The highest BCUT2D eigenvalue weighted by Crippen LogP contribution is 2.32. The topological polar surface area (TPSA) is 93.4 Å². The maximum atomic E-state index is 14.2. The van der Waals surface area contributed by atoms with Crippen LogP contribution in [-0.2, 0) is 36.2 Å². The van der Waals surface area contributed by atoms with Crippen molar-refractivity contribution >= 4 is 5.97 Å². The summed E-state index contributed by atoms with van der Waals surface area (Å²) in [7, 11) is 2.90. The van der Waals surface area contributed by atoms with Gasteiger partial charge < -0.3 is 9.84 Å². The molecule has 29 heavy (non-hydrogen) atoms. The quantitative estimate of drug-likeness (QED) is 0.724. The van der Waals surface area contributed by atoms with Gasteiger partial charge in [0.05, 0.1) is 37.6 Å². The predicted molar refractivity (Wildman–Crippen MR) is 99.9 cm³/mol. The number of hydrogen-bond acceptors (Lipinski definition) is 7. The normalized spacial score (nSPS) is 19.3. The number of piperidine rings is 1. The van der Waals surface area contributed by atoms with Crippen molar-refractivity contribution in [2.75, 3.05) is 20.2 Å². The van der Waals surface area contributed by atoms with Gasteiger partial charge in [-0.1, -0.05) is 18.2 Å². The molecule has 10 heteroatoms. The zero-order valence-corrected chi connectivity index (χ0v) is 16.7. The van der Waals surface area contributed by atoms with Crippen molar-refractivity contribution in [1.29, 1.82) is 0 Å². The fourth-order valence-electron chi connectivity index (χ4n) is 3.74. The SMILES string of the molecule is CCc1nc(-c2nnn(C)c2CO)ccc1CN1CC(C(=O)OC)CC(F)(F)C1. The summed E-state index contributed by atoms with van der Waals surface area (Å²) in [6.45, 7) is 1.77. The molecule has 8 nitrogen and oxygen atoms in total. The second kappa shape index (κ2) is 8.50. The Labute approximate surface area is 167 Å². The number of methoxy groups -OCH3 is 1. The van der Waals surface area contributed by atoms with Crippen LogP contribution in [0.3, 0.4) is 0 Å². The summed E-state index contributed by atoms with van der Waals surface area (Å²) < 4.78 is 34.5. The van der Waals surface area contributed by atoms with Gasteiger partial charge in [0.1, 0.15) is 5.69 Å². The summed E-state index contributed by atoms with van der Waals surface area (Å²) in [5.41, 5.74) is 3.17. The van der Waals surface area contributed by atoms with E-state index in [-0.39, 0.29) is 19.7 Å². The Morgan fingerprint density at radius 1 is 1.41 bits per heavy atom. The van der Waals surface area contributed by atoms with Crippen molar-refractivity contribution in [3.05, 3.63) is 29.1 Å². The molecule has 0 amide bonds. The number of aliphatic hydroxyl groups is 1. The predicted octanol–water partition coefficient (Wildman–Crippen LogP) is 1.56. The summed E-state index contributed by atoms with van der Waals surface area (Å²) in [5, 5.41) is 17.5. The lowest BCUT2D eigenvalue weighted by atomic mass is 9.94. The zero-order chi connectivity index (χ0) is 21.2. The largest absolute Gasteiger partial charge is 0.469 e. The van der Waals surface area contributed by atoms with Crippen LogP contribution in [0, 0.1) is 5.92 Å². The smallest absolute Gasteiger partial charge is 0.310 e. The number of esters is 1. The highest BCUT2D eigenvalue weighted by atomic mass is 19.3. The van der Waals surface area contributed by atoms with Crippen LogP contribution in [0.5, 0.6) is 0 Å². The molecule has 0 radical (unpaired) electrons. The molecule has 2 aromatic heterocycles. The molecule has 0 bridgehead atoms. The van der Waals surface area contributed by atoms with Gasteiger partial charge in [0.25, 0.3) is 5.92 Å². The van der Waals surface area contributed by atoms with Crippen LogP contribution in [0.4, 0.5) is 8.78 Å². The summed E-state index contributed by atoms with van der Waals surface area (Å²) >= 11 is 0. The van der Waals surface area contributed by atoms with E-state index in [0.29, 0.717) is 23.5 Å². The molecule has 1 N–H and O–H groups in total. The van der Waals surface area contributed by atoms with E-state index in [9.17, 15) is 18.7 Å². The van der Waals surface area contributed by atoms with Crippen LogP contribution in [0.25, 0.3) is 11.4 Å². The standard InChI is InChI=1S/C19H25F2N5O3/c1-4-14-12(5-6-15(22-14)17-16(10-27)25(2)24-23-17)8-26-9-13(18(28)29-3)7-19(20,21)11-26/h5-6,13,27H,4,7-11H2,1-3H3. The average molecular weight is 409 g/mol. The number of carbonyl (C=O) groups excluding carboxylic acids is 1. The number of pyridine rings is 1. The Morgan fingerprint density at radius 2 is 2.17 bits per heavy atom. The molecule has 0 spiro atoms. The number of carbonyl (C=O) groups is 1. The molecule has 1 saturated heterocycles. The second-order valence-electron chi connectivity index (χ2n) is 7.27. The molecule has 3 heterocycles. The number of hydrogen-bond donors (Lipinski definition) is 1. The lowest BCUT2D eigenvalue weighted by Crippen LogP contribution is -2.49. The third kappa shape index (κ3) is 4.59. The molecule has 3 rings (SSSR count). The Morgan fingerprint density at radius 3 is 2.83 bits per heavy atom. The average Bonchev–Trinajstić information content (AvgIpc) is 3.06. The van der Waals surface area contributed by atoms with Crippen molar-refractivity contribution in [2.45, 2.75) is 38.8 Å². The highest BCUT2D eigenvalue weighted by molar-refractivity contribution is 5.72. The molecule has 1 aliphatic heterocycles. The molecule has 0 aliphatic carbocycles. The minimum atomic E-state index is -2.95. The minimum absolute atomic E-state index is 0.214. The van der Waals surface area contributed by atoms with Crippen molar-refractivity contribution in [2.24, 2.45) is 13.0 Å². The van der Waals surface area contributed by atoms with Gasteiger partial charge >= 0.3 is 5.97 Å². The van der Waals surface area contributed by atoms with Crippen molar-refractivity contribution < 1.29 is 23.4 Å². The van der Waals surface area contributed by atoms with Gasteiger partial charge in [0, 0.05) is 32.3 Å². The summed E-state index contributed by atoms with van der Waals surface area (Å²) in [6.07, 6.45) is 0.104.